The van der Waals surface area contributed by atoms with Crippen molar-refractivity contribution in [2.45, 2.75) is 58.3 Å². The van der Waals surface area contributed by atoms with Gasteiger partial charge in [-0.05, 0) is 62.1 Å². The number of anilines is 2. The normalized spacial score (nSPS) is 16.4. The summed E-state index contributed by atoms with van der Waals surface area (Å²) in [7, 11) is 0. The Kier molecular flexibility index (Phi) is 7.28. The summed E-state index contributed by atoms with van der Waals surface area (Å²) < 4.78 is 0. The van der Waals surface area contributed by atoms with E-state index in [0.717, 1.165) is 24.0 Å². The molecule has 0 saturated carbocycles. The van der Waals surface area contributed by atoms with Gasteiger partial charge in [0.05, 0.1) is 12.5 Å². The van der Waals surface area contributed by atoms with Crippen LogP contribution in [-0.2, 0) is 22.7 Å². The van der Waals surface area contributed by atoms with Crippen LogP contribution in [0.4, 0.5) is 11.4 Å². The first-order chi connectivity index (χ1) is 17.9. The third kappa shape index (κ3) is 5.54. The van der Waals surface area contributed by atoms with E-state index in [9.17, 15) is 9.59 Å². The molecule has 1 atom stereocenters. The Morgan fingerprint density at radius 3 is 1.78 bits per heavy atom. The molecule has 1 fully saturated rings. The van der Waals surface area contributed by atoms with E-state index in [2.05, 4.69) is 67.3 Å². The Hall–Kier alpha value is -3.64. The van der Waals surface area contributed by atoms with E-state index in [0.29, 0.717) is 26.2 Å². The average Bonchev–Trinajstić information content (AvgIpc) is 3.35. The molecule has 1 saturated heterocycles. The number of nitrogens with two attached hydrogens (primary N) is 1. The second-order valence-electron chi connectivity index (χ2n) is 10.4. The summed E-state index contributed by atoms with van der Waals surface area (Å²) in [6, 6.07) is 24.8. The second kappa shape index (κ2) is 10.8. The van der Waals surface area contributed by atoms with Gasteiger partial charge < -0.3 is 20.4 Å². The van der Waals surface area contributed by atoms with Gasteiger partial charge in [-0.15, -0.1) is 0 Å². The number of hydrogen-bond acceptors (Lipinski definition) is 4. The predicted molar refractivity (Wildman–Crippen MR) is 147 cm³/mol. The molecule has 2 aliphatic rings. The van der Waals surface area contributed by atoms with Crippen LogP contribution >= 0.6 is 0 Å². The van der Waals surface area contributed by atoms with Gasteiger partial charge in [0.25, 0.3) is 0 Å². The fraction of sp³-hybridized carbons (Fsp3) is 0.355. The summed E-state index contributed by atoms with van der Waals surface area (Å²) in [6.07, 6.45) is 1.77. The quantitative estimate of drug-likeness (QED) is 0.537. The summed E-state index contributed by atoms with van der Waals surface area (Å²) >= 11 is 0. The number of fused-ring (bicyclic) bond motifs is 1. The van der Waals surface area contributed by atoms with Gasteiger partial charge in [-0.25, -0.2) is 0 Å². The lowest BCUT2D eigenvalue weighted by molar-refractivity contribution is -0.139. The zero-order valence-corrected chi connectivity index (χ0v) is 21.8. The number of carbonyl (C=O) groups is 2. The molecule has 5 rings (SSSR count). The number of amides is 2. The van der Waals surface area contributed by atoms with Gasteiger partial charge in [0.1, 0.15) is 0 Å². The van der Waals surface area contributed by atoms with Crippen molar-refractivity contribution in [1.82, 2.24) is 9.80 Å². The van der Waals surface area contributed by atoms with Crippen LogP contribution in [0.25, 0.3) is 0 Å². The molecular weight excluding hydrogens is 460 g/mol. The Morgan fingerprint density at radius 2 is 1.30 bits per heavy atom. The molecular formula is C31H36N4O2. The summed E-state index contributed by atoms with van der Waals surface area (Å²) in [6.45, 7) is 6.65. The molecule has 1 unspecified atom stereocenters. The molecule has 0 aromatic heterocycles. The lowest BCUT2D eigenvalue weighted by Crippen LogP contribution is -2.49. The number of likely N-dealkylation sites (tertiary alicyclic amines) is 1. The third-order valence-electron chi connectivity index (χ3n) is 7.67. The van der Waals surface area contributed by atoms with E-state index in [4.69, 9.17) is 5.73 Å². The van der Waals surface area contributed by atoms with E-state index in [1.54, 1.807) is 4.90 Å². The highest BCUT2D eigenvalue weighted by Gasteiger charge is 2.32. The molecule has 3 aromatic rings. The van der Waals surface area contributed by atoms with E-state index in [-0.39, 0.29) is 24.3 Å². The summed E-state index contributed by atoms with van der Waals surface area (Å²) in [4.78, 5) is 32.1. The van der Waals surface area contributed by atoms with E-state index >= 15 is 0 Å². The molecule has 3 aromatic carbocycles. The first-order valence-electron chi connectivity index (χ1n) is 13.2. The van der Waals surface area contributed by atoms with Crippen LogP contribution in [0.1, 0.15) is 41.5 Å². The van der Waals surface area contributed by atoms with Crippen LogP contribution in [0, 0.1) is 13.8 Å². The molecule has 0 aliphatic carbocycles. The van der Waals surface area contributed by atoms with Crippen molar-refractivity contribution in [1.29, 1.82) is 0 Å². The van der Waals surface area contributed by atoms with Gasteiger partial charge in [-0.1, -0.05) is 59.7 Å². The first-order valence-corrected chi connectivity index (χ1v) is 13.2. The fourth-order valence-corrected chi connectivity index (χ4v) is 5.48. The number of carbonyl (C=O) groups excluding carboxylic acids is 2. The average molecular weight is 497 g/mol. The number of aryl methyl sites for hydroxylation is 2. The van der Waals surface area contributed by atoms with Crippen LogP contribution in [0.2, 0.25) is 0 Å². The largest absolute Gasteiger partial charge is 0.342 e. The van der Waals surface area contributed by atoms with Crippen molar-refractivity contribution in [2.24, 2.45) is 5.73 Å². The van der Waals surface area contributed by atoms with Crippen molar-refractivity contribution in [3.05, 3.63) is 95.1 Å². The Labute approximate surface area is 219 Å². The molecule has 2 aliphatic heterocycles. The summed E-state index contributed by atoms with van der Waals surface area (Å²) in [5.41, 5.74) is 13.4. The minimum absolute atomic E-state index is 0.0340. The second-order valence-corrected chi connectivity index (χ2v) is 10.4. The molecule has 0 radical (unpaired) electrons. The zero-order valence-electron chi connectivity index (χ0n) is 21.8. The molecule has 2 heterocycles. The van der Waals surface area contributed by atoms with Gasteiger partial charge in [0.15, 0.2) is 0 Å². The standard InChI is InChI=1S/C31H36N4O2/c1-22-7-11-26(12-8-22)35(27-13-9-23(2)10-14-27)28-15-17-33(18-16-28)30(36)19-29(32)31(37)34-20-24-5-3-4-6-25(24)21-34/h3-14,28-29H,15-21,32H2,1-2H3. The minimum atomic E-state index is -0.809. The Balaban J connectivity index is 1.20. The number of piperidine rings is 1. The van der Waals surface area contributed by atoms with Crippen molar-refractivity contribution < 1.29 is 9.59 Å². The topological polar surface area (TPSA) is 69.9 Å². The SMILES string of the molecule is Cc1ccc(N(c2ccc(C)cc2)C2CCN(C(=O)CC(N)C(=O)N3Cc4ccccc4C3)CC2)cc1. The highest BCUT2D eigenvalue weighted by Crippen LogP contribution is 2.33. The molecule has 6 nitrogen and oxygen atoms in total. The fourth-order valence-electron chi connectivity index (χ4n) is 5.48. The number of rotatable bonds is 6. The molecule has 2 N–H and O–H groups in total. The highest BCUT2D eigenvalue weighted by atomic mass is 16.2. The van der Waals surface area contributed by atoms with Crippen molar-refractivity contribution in [2.75, 3.05) is 18.0 Å². The lowest BCUT2D eigenvalue weighted by Gasteiger charge is -2.40. The molecule has 0 bridgehead atoms. The van der Waals surface area contributed by atoms with Gasteiger partial charge in [0.2, 0.25) is 11.8 Å². The minimum Gasteiger partial charge on any atom is -0.342 e. The highest BCUT2D eigenvalue weighted by molar-refractivity contribution is 5.88. The van der Waals surface area contributed by atoms with Crippen LogP contribution in [0.3, 0.4) is 0 Å². The first kappa shape index (κ1) is 25.0. The van der Waals surface area contributed by atoms with E-state index in [1.807, 2.05) is 29.2 Å². The lowest BCUT2D eigenvalue weighted by atomic mass is 9.99. The smallest absolute Gasteiger partial charge is 0.240 e. The maximum Gasteiger partial charge on any atom is 0.240 e. The third-order valence-corrected chi connectivity index (χ3v) is 7.67. The molecule has 2 amide bonds. The predicted octanol–water partition coefficient (Wildman–Crippen LogP) is 4.69. The van der Waals surface area contributed by atoms with Gasteiger partial charge in [0, 0.05) is 43.6 Å². The van der Waals surface area contributed by atoms with Crippen LogP contribution < -0.4 is 10.6 Å². The molecule has 0 spiro atoms. The van der Waals surface area contributed by atoms with Gasteiger partial charge in [-0.2, -0.15) is 0 Å². The number of hydrogen-bond donors (Lipinski definition) is 1. The van der Waals surface area contributed by atoms with Gasteiger partial charge in [-0.3, -0.25) is 9.59 Å². The van der Waals surface area contributed by atoms with Crippen LogP contribution in [-0.4, -0.2) is 46.8 Å². The van der Waals surface area contributed by atoms with Crippen molar-refractivity contribution >= 4 is 23.2 Å². The maximum absolute atomic E-state index is 13.1. The van der Waals surface area contributed by atoms with E-state index in [1.165, 1.54) is 22.5 Å². The van der Waals surface area contributed by atoms with Crippen LogP contribution in [0.5, 0.6) is 0 Å². The summed E-state index contributed by atoms with van der Waals surface area (Å²) in [5, 5.41) is 0. The molecule has 6 heteroatoms. The maximum atomic E-state index is 13.1. The van der Waals surface area contributed by atoms with Crippen LogP contribution in [0.15, 0.2) is 72.8 Å². The number of nitrogens with zero attached hydrogens (tertiary/aromatic N) is 3. The zero-order chi connectivity index (χ0) is 25.9. The van der Waals surface area contributed by atoms with Gasteiger partial charge >= 0.3 is 0 Å². The Morgan fingerprint density at radius 1 is 0.811 bits per heavy atom. The van der Waals surface area contributed by atoms with Crippen molar-refractivity contribution in [3.8, 4) is 0 Å². The molecule has 37 heavy (non-hydrogen) atoms. The monoisotopic (exact) mass is 496 g/mol. The summed E-state index contributed by atoms with van der Waals surface area (Å²) in [5.74, 6) is -0.183. The molecule has 192 valence electrons. The number of benzene rings is 3. The van der Waals surface area contributed by atoms with E-state index < -0.39 is 6.04 Å². The van der Waals surface area contributed by atoms with Crippen molar-refractivity contribution in [3.63, 3.8) is 0 Å². The Bertz CT molecular complexity index is 1180.